The van der Waals surface area contributed by atoms with Crippen molar-refractivity contribution in [2.24, 2.45) is 0 Å². The Bertz CT molecular complexity index is 712. The van der Waals surface area contributed by atoms with Crippen molar-refractivity contribution < 1.29 is 14.3 Å². The third kappa shape index (κ3) is 4.44. The molecule has 2 atom stereocenters. The van der Waals surface area contributed by atoms with E-state index in [1.165, 1.54) is 0 Å². The van der Waals surface area contributed by atoms with Gasteiger partial charge in [-0.15, -0.1) is 0 Å². The number of ether oxygens (including phenoxy) is 2. The fourth-order valence-electron chi connectivity index (χ4n) is 2.95. The molecular weight excluding hydrogens is 316 g/mol. The standard InChI is InChI=1S/C20H24N2O3/c1-14(12-25-16-9-11-24-13-16)22-20(23)18-7-5-6-17(15(18)2)19-8-3-4-10-21-19/h3-8,10,14,16H,9,11-13H2,1-2H3,(H,22,23). The van der Waals surface area contributed by atoms with Crippen molar-refractivity contribution in [3.63, 3.8) is 0 Å². The number of aromatic nitrogens is 1. The van der Waals surface area contributed by atoms with Crippen molar-refractivity contribution >= 4 is 5.91 Å². The van der Waals surface area contributed by atoms with Gasteiger partial charge in [0.05, 0.1) is 25.0 Å². The highest BCUT2D eigenvalue weighted by Crippen LogP contribution is 2.23. The van der Waals surface area contributed by atoms with Crippen molar-refractivity contribution in [3.05, 3.63) is 53.7 Å². The first-order valence-electron chi connectivity index (χ1n) is 8.66. The first kappa shape index (κ1) is 17.6. The fourth-order valence-corrected chi connectivity index (χ4v) is 2.95. The molecule has 5 nitrogen and oxygen atoms in total. The van der Waals surface area contributed by atoms with Crippen molar-refractivity contribution in [2.75, 3.05) is 19.8 Å². The molecule has 2 heterocycles. The maximum atomic E-state index is 12.6. The van der Waals surface area contributed by atoms with Crippen LogP contribution in [0.15, 0.2) is 42.6 Å². The molecule has 0 radical (unpaired) electrons. The summed E-state index contributed by atoms with van der Waals surface area (Å²) < 4.78 is 11.1. The van der Waals surface area contributed by atoms with E-state index in [-0.39, 0.29) is 18.1 Å². The van der Waals surface area contributed by atoms with E-state index in [0.717, 1.165) is 29.8 Å². The molecule has 0 spiro atoms. The lowest BCUT2D eigenvalue weighted by Gasteiger charge is -2.18. The van der Waals surface area contributed by atoms with Gasteiger partial charge in [0.15, 0.2) is 0 Å². The molecule has 1 aromatic carbocycles. The number of carbonyl (C=O) groups is 1. The van der Waals surface area contributed by atoms with E-state index in [0.29, 0.717) is 18.8 Å². The molecule has 0 bridgehead atoms. The van der Waals surface area contributed by atoms with E-state index < -0.39 is 0 Å². The van der Waals surface area contributed by atoms with E-state index >= 15 is 0 Å². The lowest BCUT2D eigenvalue weighted by molar-refractivity contribution is 0.0318. The summed E-state index contributed by atoms with van der Waals surface area (Å²) in [5.74, 6) is -0.0888. The number of hydrogen-bond donors (Lipinski definition) is 1. The van der Waals surface area contributed by atoms with Gasteiger partial charge in [-0.1, -0.05) is 18.2 Å². The summed E-state index contributed by atoms with van der Waals surface area (Å²) >= 11 is 0. The summed E-state index contributed by atoms with van der Waals surface area (Å²) in [6.45, 7) is 5.79. The molecule has 1 saturated heterocycles. The molecule has 2 aromatic rings. The molecule has 1 aliphatic rings. The third-order valence-electron chi connectivity index (χ3n) is 4.37. The molecular formula is C20H24N2O3. The quantitative estimate of drug-likeness (QED) is 0.878. The van der Waals surface area contributed by atoms with E-state index in [1.807, 2.05) is 50.2 Å². The summed E-state index contributed by atoms with van der Waals surface area (Å²) in [6, 6.07) is 11.4. The Labute approximate surface area is 148 Å². The minimum absolute atomic E-state index is 0.0639. The molecule has 0 saturated carbocycles. The predicted octanol–water partition coefficient (Wildman–Crippen LogP) is 2.98. The minimum Gasteiger partial charge on any atom is -0.379 e. The van der Waals surface area contributed by atoms with Crippen LogP contribution in [0, 0.1) is 6.92 Å². The van der Waals surface area contributed by atoms with Gasteiger partial charge >= 0.3 is 0 Å². The average Bonchev–Trinajstić information content (AvgIpc) is 3.14. The van der Waals surface area contributed by atoms with E-state index in [4.69, 9.17) is 9.47 Å². The number of nitrogens with zero attached hydrogens (tertiary/aromatic N) is 1. The Morgan fingerprint density at radius 3 is 2.96 bits per heavy atom. The van der Waals surface area contributed by atoms with Gasteiger partial charge in [-0.25, -0.2) is 0 Å². The van der Waals surface area contributed by atoms with E-state index in [1.54, 1.807) is 6.20 Å². The van der Waals surface area contributed by atoms with E-state index in [2.05, 4.69) is 10.3 Å². The number of rotatable bonds is 6. The maximum Gasteiger partial charge on any atom is 0.251 e. The molecule has 5 heteroatoms. The Kier molecular flexibility index (Phi) is 5.79. The van der Waals surface area contributed by atoms with Crippen molar-refractivity contribution in [1.29, 1.82) is 0 Å². The number of amides is 1. The zero-order chi connectivity index (χ0) is 17.6. The number of hydrogen-bond acceptors (Lipinski definition) is 4. The molecule has 132 valence electrons. The Balaban J connectivity index is 1.65. The van der Waals surface area contributed by atoms with Crippen LogP contribution in [0.4, 0.5) is 0 Å². The highest BCUT2D eigenvalue weighted by atomic mass is 16.5. The smallest absolute Gasteiger partial charge is 0.251 e. The molecule has 3 rings (SSSR count). The Morgan fingerprint density at radius 1 is 1.36 bits per heavy atom. The fraction of sp³-hybridized carbons (Fsp3) is 0.400. The monoisotopic (exact) mass is 340 g/mol. The van der Waals surface area contributed by atoms with Crippen LogP contribution in [-0.2, 0) is 9.47 Å². The van der Waals surface area contributed by atoms with Gasteiger partial charge in [0.2, 0.25) is 0 Å². The van der Waals surface area contributed by atoms with Crippen LogP contribution >= 0.6 is 0 Å². The molecule has 0 aliphatic carbocycles. The van der Waals surface area contributed by atoms with Crippen molar-refractivity contribution in [3.8, 4) is 11.3 Å². The van der Waals surface area contributed by atoms with E-state index in [9.17, 15) is 4.79 Å². The summed E-state index contributed by atoms with van der Waals surface area (Å²) in [7, 11) is 0. The molecule has 2 unspecified atom stereocenters. The van der Waals surface area contributed by atoms with Crippen LogP contribution in [0.1, 0.15) is 29.3 Å². The molecule has 1 aromatic heterocycles. The van der Waals surface area contributed by atoms with Crippen LogP contribution < -0.4 is 5.32 Å². The van der Waals surface area contributed by atoms with Crippen LogP contribution in [0.3, 0.4) is 0 Å². The second-order valence-electron chi connectivity index (χ2n) is 6.39. The number of pyridine rings is 1. The first-order chi connectivity index (χ1) is 12.1. The number of carbonyl (C=O) groups excluding carboxylic acids is 1. The average molecular weight is 340 g/mol. The second kappa shape index (κ2) is 8.23. The summed E-state index contributed by atoms with van der Waals surface area (Å²) in [5.41, 5.74) is 3.43. The van der Waals surface area contributed by atoms with Crippen LogP contribution in [0.5, 0.6) is 0 Å². The highest BCUT2D eigenvalue weighted by molar-refractivity contribution is 5.97. The molecule has 25 heavy (non-hydrogen) atoms. The van der Waals surface area contributed by atoms with Gasteiger partial charge in [-0.3, -0.25) is 9.78 Å². The molecule has 1 amide bonds. The third-order valence-corrected chi connectivity index (χ3v) is 4.37. The topological polar surface area (TPSA) is 60.5 Å². The zero-order valence-electron chi connectivity index (χ0n) is 14.7. The van der Waals surface area contributed by atoms with Gasteiger partial charge < -0.3 is 14.8 Å². The van der Waals surface area contributed by atoms with Gasteiger partial charge in [-0.2, -0.15) is 0 Å². The van der Waals surface area contributed by atoms with Crippen molar-refractivity contribution in [2.45, 2.75) is 32.4 Å². The first-order valence-corrected chi connectivity index (χ1v) is 8.66. The molecule has 1 fully saturated rings. The largest absolute Gasteiger partial charge is 0.379 e. The minimum atomic E-state index is -0.0888. The predicted molar refractivity (Wildman–Crippen MR) is 96.5 cm³/mol. The Hall–Kier alpha value is -2.24. The molecule has 1 aliphatic heterocycles. The van der Waals surface area contributed by atoms with Crippen LogP contribution in [0.25, 0.3) is 11.3 Å². The van der Waals surface area contributed by atoms with Gasteiger partial charge in [-0.05, 0) is 44.0 Å². The summed E-state index contributed by atoms with van der Waals surface area (Å²) in [4.78, 5) is 17.0. The zero-order valence-corrected chi connectivity index (χ0v) is 14.7. The van der Waals surface area contributed by atoms with Gasteiger partial charge in [0, 0.05) is 30.0 Å². The second-order valence-corrected chi connectivity index (χ2v) is 6.39. The van der Waals surface area contributed by atoms with Crippen LogP contribution in [-0.4, -0.2) is 42.9 Å². The highest BCUT2D eigenvalue weighted by Gasteiger charge is 2.19. The number of nitrogens with one attached hydrogen (secondary N) is 1. The summed E-state index contributed by atoms with van der Waals surface area (Å²) in [5, 5.41) is 3.01. The van der Waals surface area contributed by atoms with Crippen LogP contribution in [0.2, 0.25) is 0 Å². The van der Waals surface area contributed by atoms with Gasteiger partial charge in [0.1, 0.15) is 0 Å². The molecule has 1 N–H and O–H groups in total. The Morgan fingerprint density at radius 2 is 2.24 bits per heavy atom. The summed E-state index contributed by atoms with van der Waals surface area (Å²) in [6.07, 6.45) is 2.83. The lowest BCUT2D eigenvalue weighted by atomic mass is 9.99. The number of benzene rings is 1. The SMILES string of the molecule is Cc1c(C(=O)NC(C)COC2CCOC2)cccc1-c1ccccn1. The van der Waals surface area contributed by atoms with Crippen molar-refractivity contribution in [1.82, 2.24) is 10.3 Å². The lowest BCUT2D eigenvalue weighted by Crippen LogP contribution is -2.37. The normalized spacial score (nSPS) is 18.1. The maximum absolute atomic E-state index is 12.6. The van der Waals surface area contributed by atoms with Gasteiger partial charge in [0.25, 0.3) is 5.91 Å².